The second-order valence-electron chi connectivity index (χ2n) is 4.93. The molecule has 1 aliphatic rings. The minimum atomic E-state index is 0.0369. The zero-order chi connectivity index (χ0) is 13.2. The normalized spacial score (nSPS) is 18.2. The van der Waals surface area contributed by atoms with Crippen molar-refractivity contribution in [1.82, 2.24) is 4.98 Å². The molecule has 96 valence electrons. The number of Topliss-reactive ketones (excluding diaryl/α,β-unsaturated/α-hetero) is 1. The number of ketones is 1. The molecule has 0 N–H and O–H groups in total. The molecular formula is C16H14ClNO. The summed E-state index contributed by atoms with van der Waals surface area (Å²) in [5, 5.41) is 0.647. The van der Waals surface area contributed by atoms with E-state index in [-0.39, 0.29) is 11.7 Å². The van der Waals surface area contributed by atoms with E-state index in [1.807, 2.05) is 30.3 Å². The van der Waals surface area contributed by atoms with Crippen LogP contribution in [0.1, 0.15) is 27.9 Å². The maximum absolute atomic E-state index is 12.5. The van der Waals surface area contributed by atoms with Crippen LogP contribution in [0.5, 0.6) is 0 Å². The number of aromatic nitrogens is 1. The lowest BCUT2D eigenvalue weighted by Crippen LogP contribution is -2.24. The van der Waals surface area contributed by atoms with Gasteiger partial charge < -0.3 is 0 Å². The third-order valence-corrected chi connectivity index (χ3v) is 4.08. The van der Waals surface area contributed by atoms with Crippen LogP contribution in [-0.2, 0) is 12.8 Å². The van der Waals surface area contributed by atoms with Crippen molar-refractivity contribution < 1.29 is 4.79 Å². The van der Waals surface area contributed by atoms with Crippen molar-refractivity contribution in [2.75, 3.05) is 0 Å². The molecule has 1 aromatic carbocycles. The average Bonchev–Trinajstić information content (AvgIpc) is 2.44. The first-order valence-electron chi connectivity index (χ1n) is 6.46. The number of pyridine rings is 1. The maximum Gasteiger partial charge on any atom is 0.166 e. The Morgan fingerprint density at radius 1 is 1.26 bits per heavy atom. The van der Waals surface area contributed by atoms with Crippen LogP contribution in [0.2, 0.25) is 5.02 Å². The number of hydrogen-bond donors (Lipinski definition) is 0. The Kier molecular flexibility index (Phi) is 3.34. The van der Waals surface area contributed by atoms with Crippen LogP contribution in [0, 0.1) is 5.92 Å². The molecule has 1 aromatic heterocycles. The van der Waals surface area contributed by atoms with E-state index in [1.165, 1.54) is 5.56 Å². The summed E-state index contributed by atoms with van der Waals surface area (Å²) in [6.07, 6.45) is 5.93. The summed E-state index contributed by atoms with van der Waals surface area (Å²) in [5.74, 6) is 0.282. The predicted octanol–water partition coefficient (Wildman–Crippen LogP) is 3.72. The molecule has 0 aliphatic heterocycles. The van der Waals surface area contributed by atoms with Crippen LogP contribution in [0.4, 0.5) is 0 Å². The smallest absolute Gasteiger partial charge is 0.166 e. The molecule has 1 aliphatic carbocycles. The fourth-order valence-corrected chi connectivity index (χ4v) is 2.89. The first-order chi connectivity index (χ1) is 9.25. The molecule has 2 aromatic rings. The zero-order valence-corrected chi connectivity index (χ0v) is 11.2. The molecule has 0 spiro atoms. The van der Waals surface area contributed by atoms with Crippen molar-refractivity contribution in [3.63, 3.8) is 0 Å². The van der Waals surface area contributed by atoms with Crippen LogP contribution in [0.25, 0.3) is 0 Å². The molecule has 0 saturated heterocycles. The quantitative estimate of drug-likeness (QED) is 0.833. The summed E-state index contributed by atoms with van der Waals surface area (Å²) in [6.45, 7) is 0. The second-order valence-corrected chi connectivity index (χ2v) is 5.34. The summed E-state index contributed by atoms with van der Waals surface area (Å²) >= 11 is 6.12. The molecule has 1 unspecified atom stereocenters. The highest BCUT2D eigenvalue weighted by atomic mass is 35.5. The number of carbonyl (C=O) groups excluding carboxylic acids is 1. The molecule has 3 rings (SSSR count). The van der Waals surface area contributed by atoms with Gasteiger partial charge in [0.1, 0.15) is 0 Å². The molecule has 0 saturated carbocycles. The van der Waals surface area contributed by atoms with E-state index in [0.29, 0.717) is 11.4 Å². The Hall–Kier alpha value is -1.67. The van der Waals surface area contributed by atoms with Crippen LogP contribution in [0.15, 0.2) is 42.7 Å². The van der Waals surface area contributed by atoms with Crippen LogP contribution < -0.4 is 0 Å². The number of fused-ring (bicyclic) bond motifs is 1. The van der Waals surface area contributed by atoms with E-state index in [1.54, 1.807) is 12.4 Å². The van der Waals surface area contributed by atoms with Gasteiger partial charge >= 0.3 is 0 Å². The van der Waals surface area contributed by atoms with Crippen molar-refractivity contribution in [3.05, 3.63) is 64.4 Å². The molecule has 19 heavy (non-hydrogen) atoms. The highest BCUT2D eigenvalue weighted by molar-refractivity contribution is 6.31. The summed E-state index contributed by atoms with van der Waals surface area (Å²) in [5.41, 5.74) is 3.06. The van der Waals surface area contributed by atoms with Gasteiger partial charge in [-0.25, -0.2) is 0 Å². The van der Waals surface area contributed by atoms with Gasteiger partial charge in [-0.15, -0.1) is 0 Å². The molecule has 2 nitrogen and oxygen atoms in total. The van der Waals surface area contributed by atoms with Gasteiger partial charge in [-0.05, 0) is 36.5 Å². The van der Waals surface area contributed by atoms with E-state index in [4.69, 9.17) is 11.6 Å². The van der Waals surface area contributed by atoms with Crippen molar-refractivity contribution in [3.8, 4) is 0 Å². The van der Waals surface area contributed by atoms with Crippen molar-refractivity contribution in [1.29, 1.82) is 0 Å². The Balaban J connectivity index is 1.85. The van der Waals surface area contributed by atoms with Crippen molar-refractivity contribution >= 4 is 17.4 Å². The molecule has 3 heteroatoms. The van der Waals surface area contributed by atoms with E-state index in [2.05, 4.69) is 4.98 Å². The lowest BCUT2D eigenvalue weighted by molar-refractivity contribution is 0.0901. The minimum absolute atomic E-state index is 0.0369. The molecule has 0 bridgehead atoms. The SMILES string of the molecule is O=C1c2ccccc2CCC1Cc1ccncc1Cl. The van der Waals surface area contributed by atoms with Crippen LogP contribution in [-0.4, -0.2) is 10.8 Å². The fraction of sp³-hybridized carbons (Fsp3) is 0.250. The summed E-state index contributed by atoms with van der Waals surface area (Å²) < 4.78 is 0. The highest BCUT2D eigenvalue weighted by Crippen LogP contribution is 2.29. The third-order valence-electron chi connectivity index (χ3n) is 3.74. The summed E-state index contributed by atoms with van der Waals surface area (Å²) in [6, 6.07) is 9.79. The maximum atomic E-state index is 12.5. The van der Waals surface area contributed by atoms with Gasteiger partial charge in [0.25, 0.3) is 0 Å². The topological polar surface area (TPSA) is 30.0 Å². The van der Waals surface area contributed by atoms with Gasteiger partial charge in [0, 0.05) is 23.9 Å². The fourth-order valence-electron chi connectivity index (χ4n) is 2.69. The number of nitrogens with zero attached hydrogens (tertiary/aromatic N) is 1. The van der Waals surface area contributed by atoms with Gasteiger partial charge in [0.15, 0.2) is 5.78 Å². The monoisotopic (exact) mass is 271 g/mol. The molecule has 0 fully saturated rings. The van der Waals surface area contributed by atoms with Gasteiger partial charge in [-0.1, -0.05) is 35.9 Å². The Bertz CT molecular complexity index is 624. The van der Waals surface area contributed by atoms with Crippen LogP contribution >= 0.6 is 11.6 Å². The molecule has 1 heterocycles. The number of hydrogen-bond acceptors (Lipinski definition) is 2. The number of benzene rings is 1. The summed E-state index contributed by atoms with van der Waals surface area (Å²) in [7, 11) is 0. The lowest BCUT2D eigenvalue weighted by atomic mass is 9.80. The van der Waals surface area contributed by atoms with Gasteiger partial charge in [0.2, 0.25) is 0 Å². The van der Waals surface area contributed by atoms with Crippen molar-refractivity contribution in [2.45, 2.75) is 19.3 Å². The second kappa shape index (κ2) is 5.14. The standard InChI is InChI=1S/C16H14ClNO/c17-15-10-18-8-7-12(15)9-13-6-5-11-3-1-2-4-14(11)16(13)19/h1-4,7-8,10,13H,5-6,9H2. The zero-order valence-electron chi connectivity index (χ0n) is 10.5. The van der Waals surface area contributed by atoms with Crippen LogP contribution in [0.3, 0.4) is 0 Å². The number of rotatable bonds is 2. The predicted molar refractivity (Wildman–Crippen MR) is 75.5 cm³/mol. The number of carbonyl (C=O) groups is 1. The third kappa shape index (κ3) is 2.41. The Morgan fingerprint density at radius 2 is 2.11 bits per heavy atom. The first-order valence-corrected chi connectivity index (χ1v) is 6.84. The molecular weight excluding hydrogens is 258 g/mol. The number of aryl methyl sites for hydroxylation is 1. The molecule has 0 radical (unpaired) electrons. The van der Waals surface area contributed by atoms with Gasteiger partial charge in [-0.3, -0.25) is 9.78 Å². The number of halogens is 1. The van der Waals surface area contributed by atoms with E-state index in [0.717, 1.165) is 24.0 Å². The molecule has 0 amide bonds. The first kappa shape index (κ1) is 12.4. The minimum Gasteiger partial charge on any atom is -0.294 e. The lowest BCUT2D eigenvalue weighted by Gasteiger charge is -2.23. The summed E-state index contributed by atoms with van der Waals surface area (Å²) in [4.78, 5) is 16.4. The van der Waals surface area contributed by atoms with E-state index in [9.17, 15) is 4.79 Å². The average molecular weight is 272 g/mol. The van der Waals surface area contributed by atoms with Gasteiger partial charge in [0.05, 0.1) is 5.02 Å². The molecule has 1 atom stereocenters. The largest absolute Gasteiger partial charge is 0.294 e. The van der Waals surface area contributed by atoms with E-state index >= 15 is 0 Å². The Morgan fingerprint density at radius 3 is 2.95 bits per heavy atom. The van der Waals surface area contributed by atoms with E-state index < -0.39 is 0 Å². The Labute approximate surface area is 117 Å². The van der Waals surface area contributed by atoms with Crippen molar-refractivity contribution in [2.24, 2.45) is 5.92 Å². The van der Waals surface area contributed by atoms with Gasteiger partial charge in [-0.2, -0.15) is 0 Å². The highest BCUT2D eigenvalue weighted by Gasteiger charge is 2.27.